The van der Waals surface area contributed by atoms with Gasteiger partial charge in [0.1, 0.15) is 11.6 Å². The maximum atomic E-state index is 13.2. The highest BCUT2D eigenvalue weighted by Gasteiger charge is 2.19. The van der Waals surface area contributed by atoms with Crippen molar-refractivity contribution in [2.45, 2.75) is 52.5 Å². The van der Waals surface area contributed by atoms with E-state index in [-0.39, 0.29) is 30.8 Å². The molecule has 0 aliphatic rings. The van der Waals surface area contributed by atoms with Crippen LogP contribution < -0.4 is 14.4 Å². The first-order valence-electron chi connectivity index (χ1n) is 10.6. The lowest BCUT2D eigenvalue weighted by Gasteiger charge is -2.23. The Morgan fingerprint density at radius 2 is 1.75 bits per heavy atom. The number of carbonyl (C=O) groups is 1. The van der Waals surface area contributed by atoms with Crippen LogP contribution in [0.3, 0.4) is 0 Å². The van der Waals surface area contributed by atoms with E-state index in [2.05, 4.69) is 25.2 Å². The number of sulfonamides is 1. The maximum absolute atomic E-state index is 13.2. The molecular formula is C24H33FN2O4S. The Morgan fingerprint density at radius 1 is 1.12 bits per heavy atom. The number of hydrogen-bond donors (Lipinski definition) is 1. The van der Waals surface area contributed by atoms with Gasteiger partial charge in [0.15, 0.2) is 0 Å². The standard InChI is InChI=1S/C24H33FN2O4S/c1-16(2)21-15-22(17(3)14-23(21)31-5)18(4)26-24(28)8-7-13-27(32(6,29)30)20-11-9-19(25)10-12-20/h9-12,14-16,18H,7-8,13H2,1-6H3,(H,26,28)/t18-/m0/s1. The molecule has 2 rings (SSSR count). The Balaban J connectivity index is 2.03. The number of ether oxygens (including phenoxy) is 1. The highest BCUT2D eigenvalue weighted by atomic mass is 32.2. The van der Waals surface area contributed by atoms with E-state index < -0.39 is 15.8 Å². The van der Waals surface area contributed by atoms with E-state index in [0.717, 1.165) is 28.7 Å². The summed E-state index contributed by atoms with van der Waals surface area (Å²) in [7, 11) is -1.90. The third-order valence-electron chi connectivity index (χ3n) is 5.36. The van der Waals surface area contributed by atoms with Crippen LogP contribution in [0.5, 0.6) is 5.75 Å². The van der Waals surface area contributed by atoms with Gasteiger partial charge in [0.2, 0.25) is 15.9 Å². The predicted octanol–water partition coefficient (Wildman–Crippen LogP) is 4.69. The summed E-state index contributed by atoms with van der Waals surface area (Å²) in [5.74, 6) is 0.512. The van der Waals surface area contributed by atoms with E-state index in [1.807, 2.05) is 19.9 Å². The summed E-state index contributed by atoms with van der Waals surface area (Å²) in [4.78, 5) is 12.5. The predicted molar refractivity (Wildman–Crippen MR) is 126 cm³/mol. The number of aryl methyl sites for hydroxylation is 1. The van der Waals surface area contributed by atoms with Gasteiger partial charge in [0.25, 0.3) is 0 Å². The number of nitrogens with one attached hydrogen (secondary N) is 1. The van der Waals surface area contributed by atoms with Crippen LogP contribution >= 0.6 is 0 Å². The quantitative estimate of drug-likeness (QED) is 0.554. The van der Waals surface area contributed by atoms with E-state index >= 15 is 0 Å². The normalized spacial score (nSPS) is 12.5. The van der Waals surface area contributed by atoms with Gasteiger partial charge in [-0.1, -0.05) is 13.8 Å². The summed E-state index contributed by atoms with van der Waals surface area (Å²) in [6.07, 6.45) is 1.60. The number of rotatable bonds is 10. The summed E-state index contributed by atoms with van der Waals surface area (Å²) >= 11 is 0. The Labute approximate surface area is 190 Å². The number of benzene rings is 2. The number of carbonyl (C=O) groups excluding carboxylic acids is 1. The first kappa shape index (κ1) is 25.6. The second-order valence-electron chi connectivity index (χ2n) is 8.31. The molecule has 2 aromatic rings. The molecule has 1 N–H and O–H groups in total. The Hall–Kier alpha value is -2.61. The molecule has 0 aromatic heterocycles. The van der Waals surface area contributed by atoms with Gasteiger partial charge >= 0.3 is 0 Å². The van der Waals surface area contributed by atoms with Crippen molar-refractivity contribution in [3.05, 3.63) is 58.9 Å². The number of nitrogens with zero attached hydrogens (tertiary/aromatic N) is 1. The van der Waals surface area contributed by atoms with Crippen LogP contribution in [0.2, 0.25) is 0 Å². The van der Waals surface area contributed by atoms with Crippen molar-refractivity contribution in [3.63, 3.8) is 0 Å². The molecule has 0 spiro atoms. The van der Waals surface area contributed by atoms with Crippen molar-refractivity contribution in [1.82, 2.24) is 5.32 Å². The lowest BCUT2D eigenvalue weighted by atomic mass is 9.93. The maximum Gasteiger partial charge on any atom is 0.232 e. The molecule has 0 aliphatic carbocycles. The molecule has 0 fully saturated rings. The minimum absolute atomic E-state index is 0.130. The Morgan fingerprint density at radius 3 is 2.28 bits per heavy atom. The molecule has 0 unspecified atom stereocenters. The molecule has 8 heteroatoms. The molecule has 6 nitrogen and oxygen atoms in total. The molecule has 0 saturated heterocycles. The summed E-state index contributed by atoms with van der Waals surface area (Å²) in [6, 6.07) is 9.11. The van der Waals surface area contributed by atoms with Gasteiger partial charge in [-0.2, -0.15) is 0 Å². The van der Waals surface area contributed by atoms with E-state index in [9.17, 15) is 17.6 Å². The van der Waals surface area contributed by atoms with Crippen LogP contribution in [-0.2, 0) is 14.8 Å². The highest BCUT2D eigenvalue weighted by Crippen LogP contribution is 2.32. The minimum Gasteiger partial charge on any atom is -0.496 e. The van der Waals surface area contributed by atoms with Gasteiger partial charge in [-0.25, -0.2) is 12.8 Å². The zero-order valence-electron chi connectivity index (χ0n) is 19.6. The molecule has 0 radical (unpaired) electrons. The number of halogens is 1. The number of amides is 1. The molecular weight excluding hydrogens is 431 g/mol. The third kappa shape index (κ3) is 6.69. The van der Waals surface area contributed by atoms with Crippen molar-refractivity contribution >= 4 is 21.6 Å². The lowest BCUT2D eigenvalue weighted by molar-refractivity contribution is -0.121. The number of anilines is 1. The van der Waals surface area contributed by atoms with Gasteiger partial charge in [-0.3, -0.25) is 9.10 Å². The molecule has 2 aromatic carbocycles. The van der Waals surface area contributed by atoms with Gasteiger partial charge < -0.3 is 10.1 Å². The average molecular weight is 465 g/mol. The fourth-order valence-corrected chi connectivity index (χ4v) is 4.64. The van der Waals surface area contributed by atoms with Crippen LogP contribution in [-0.4, -0.2) is 34.2 Å². The molecule has 0 aliphatic heterocycles. The van der Waals surface area contributed by atoms with Crippen molar-refractivity contribution < 1.29 is 22.3 Å². The molecule has 1 amide bonds. The summed E-state index contributed by atoms with van der Waals surface area (Å²) in [6.45, 7) is 8.23. The van der Waals surface area contributed by atoms with E-state index in [4.69, 9.17) is 4.74 Å². The number of hydrogen-bond acceptors (Lipinski definition) is 4. The molecule has 32 heavy (non-hydrogen) atoms. The van der Waals surface area contributed by atoms with Crippen molar-refractivity contribution in [1.29, 1.82) is 0 Å². The van der Waals surface area contributed by atoms with Gasteiger partial charge in [0, 0.05) is 13.0 Å². The second-order valence-corrected chi connectivity index (χ2v) is 10.2. The largest absolute Gasteiger partial charge is 0.496 e. The first-order chi connectivity index (χ1) is 14.9. The van der Waals surface area contributed by atoms with Gasteiger partial charge in [0.05, 0.1) is 25.1 Å². The fourth-order valence-electron chi connectivity index (χ4n) is 3.68. The van der Waals surface area contributed by atoms with Crippen LogP contribution in [0.1, 0.15) is 62.3 Å². The molecule has 0 heterocycles. The highest BCUT2D eigenvalue weighted by molar-refractivity contribution is 7.92. The molecule has 176 valence electrons. The number of methoxy groups -OCH3 is 1. The topological polar surface area (TPSA) is 75.7 Å². The van der Waals surface area contributed by atoms with Crippen molar-refractivity contribution in [2.24, 2.45) is 0 Å². The smallest absolute Gasteiger partial charge is 0.232 e. The van der Waals surface area contributed by atoms with Gasteiger partial charge in [-0.15, -0.1) is 0 Å². The van der Waals surface area contributed by atoms with Gasteiger partial charge in [-0.05, 0) is 79.3 Å². The molecule has 1 atom stereocenters. The lowest BCUT2D eigenvalue weighted by Crippen LogP contribution is -2.32. The molecule has 0 saturated carbocycles. The average Bonchev–Trinajstić information content (AvgIpc) is 2.70. The van der Waals surface area contributed by atoms with Crippen LogP contribution in [0.4, 0.5) is 10.1 Å². The van der Waals surface area contributed by atoms with Crippen LogP contribution in [0, 0.1) is 12.7 Å². The van der Waals surface area contributed by atoms with Crippen LogP contribution in [0.25, 0.3) is 0 Å². The zero-order valence-corrected chi connectivity index (χ0v) is 20.4. The van der Waals surface area contributed by atoms with E-state index in [1.165, 1.54) is 28.6 Å². The van der Waals surface area contributed by atoms with E-state index in [1.54, 1.807) is 7.11 Å². The van der Waals surface area contributed by atoms with Crippen LogP contribution in [0.15, 0.2) is 36.4 Å². The SMILES string of the molecule is COc1cc(C)c([C@H](C)NC(=O)CCCN(c2ccc(F)cc2)S(C)(=O)=O)cc1C(C)C. The fraction of sp³-hybridized carbons (Fsp3) is 0.458. The summed E-state index contributed by atoms with van der Waals surface area (Å²) < 4.78 is 44.2. The first-order valence-corrected chi connectivity index (χ1v) is 12.5. The Bertz CT molecular complexity index is 1040. The third-order valence-corrected chi connectivity index (χ3v) is 6.56. The minimum atomic E-state index is -3.55. The van der Waals surface area contributed by atoms with Crippen molar-refractivity contribution in [3.8, 4) is 5.75 Å². The monoisotopic (exact) mass is 464 g/mol. The second kappa shape index (κ2) is 10.8. The van der Waals surface area contributed by atoms with E-state index in [0.29, 0.717) is 12.1 Å². The van der Waals surface area contributed by atoms with Crippen molar-refractivity contribution in [2.75, 3.05) is 24.2 Å². The summed E-state index contributed by atoms with van der Waals surface area (Å²) in [5.41, 5.74) is 3.50. The molecule has 0 bridgehead atoms. The summed E-state index contributed by atoms with van der Waals surface area (Å²) in [5, 5.41) is 3.00. The zero-order chi connectivity index (χ0) is 24.1. The Kier molecular flexibility index (Phi) is 8.66.